The van der Waals surface area contributed by atoms with Crippen LogP contribution in [0.4, 0.5) is 10.6 Å². The SMILES string of the molecule is COc1ccccc1CCOc1cccc(OC2CCN(C(=O)Nc3cnccn3)CC2)c1. The predicted octanol–water partition coefficient (Wildman–Crippen LogP) is 4.18. The summed E-state index contributed by atoms with van der Waals surface area (Å²) in [5.41, 5.74) is 1.11. The fourth-order valence-corrected chi connectivity index (χ4v) is 3.75. The quantitative estimate of drug-likeness (QED) is 0.556. The number of hydrogen-bond acceptors (Lipinski definition) is 6. The van der Waals surface area contributed by atoms with Gasteiger partial charge in [-0.05, 0) is 23.8 Å². The normalized spacial score (nSPS) is 13.9. The molecule has 0 aliphatic carbocycles. The van der Waals surface area contributed by atoms with Crippen LogP contribution in [0.15, 0.2) is 67.1 Å². The number of hydrogen-bond donors (Lipinski definition) is 1. The molecule has 33 heavy (non-hydrogen) atoms. The molecule has 2 amide bonds. The zero-order chi connectivity index (χ0) is 22.9. The lowest BCUT2D eigenvalue weighted by molar-refractivity contribution is 0.115. The second kappa shape index (κ2) is 11.2. The van der Waals surface area contributed by atoms with Crippen molar-refractivity contribution in [1.82, 2.24) is 14.9 Å². The van der Waals surface area contributed by atoms with Crippen LogP contribution in [0.1, 0.15) is 18.4 Å². The predicted molar refractivity (Wildman–Crippen MR) is 125 cm³/mol. The number of ether oxygens (including phenoxy) is 3. The molecule has 1 fully saturated rings. The number of carbonyl (C=O) groups excluding carboxylic acids is 1. The van der Waals surface area contributed by atoms with Crippen LogP contribution in [0.5, 0.6) is 17.2 Å². The van der Waals surface area contributed by atoms with Crippen molar-refractivity contribution < 1.29 is 19.0 Å². The minimum atomic E-state index is -0.167. The molecule has 0 spiro atoms. The Morgan fingerprint density at radius 2 is 1.91 bits per heavy atom. The van der Waals surface area contributed by atoms with E-state index in [1.165, 1.54) is 6.20 Å². The summed E-state index contributed by atoms with van der Waals surface area (Å²) in [5, 5.41) is 2.77. The van der Waals surface area contributed by atoms with E-state index in [1.807, 2.05) is 48.5 Å². The van der Waals surface area contributed by atoms with E-state index < -0.39 is 0 Å². The average molecular weight is 449 g/mol. The molecule has 1 aliphatic rings. The molecule has 1 saturated heterocycles. The Bertz CT molecular complexity index is 1040. The van der Waals surface area contributed by atoms with Gasteiger partial charge in [-0.1, -0.05) is 24.3 Å². The van der Waals surface area contributed by atoms with Crippen LogP contribution in [0.2, 0.25) is 0 Å². The third-order valence-corrected chi connectivity index (χ3v) is 5.47. The van der Waals surface area contributed by atoms with Gasteiger partial charge < -0.3 is 19.1 Å². The van der Waals surface area contributed by atoms with Gasteiger partial charge in [-0.15, -0.1) is 0 Å². The maximum Gasteiger partial charge on any atom is 0.323 e. The van der Waals surface area contributed by atoms with Crippen molar-refractivity contribution in [3.05, 3.63) is 72.7 Å². The molecule has 8 heteroatoms. The number of nitrogens with one attached hydrogen (secondary N) is 1. The number of anilines is 1. The summed E-state index contributed by atoms with van der Waals surface area (Å²) in [6.45, 7) is 1.78. The van der Waals surface area contributed by atoms with Crippen molar-refractivity contribution in [2.75, 3.05) is 32.1 Å². The number of piperidine rings is 1. The van der Waals surface area contributed by atoms with Crippen LogP contribution in [0, 0.1) is 0 Å². The van der Waals surface area contributed by atoms with E-state index in [2.05, 4.69) is 15.3 Å². The number of benzene rings is 2. The van der Waals surface area contributed by atoms with E-state index in [-0.39, 0.29) is 12.1 Å². The standard InChI is InChI=1S/C25H28N4O4/c1-31-23-8-3-2-5-19(23)11-16-32-21-6-4-7-22(17-21)33-20-9-14-29(15-10-20)25(30)28-24-18-26-12-13-27-24/h2-8,12-13,17-18,20H,9-11,14-16H2,1H3,(H,27,28,30). The van der Waals surface area contributed by atoms with Gasteiger partial charge in [-0.2, -0.15) is 0 Å². The lowest BCUT2D eigenvalue weighted by Gasteiger charge is -2.32. The Labute approximate surface area is 193 Å². The number of methoxy groups -OCH3 is 1. The van der Waals surface area contributed by atoms with Crippen molar-refractivity contribution >= 4 is 11.8 Å². The fourth-order valence-electron chi connectivity index (χ4n) is 3.75. The van der Waals surface area contributed by atoms with Gasteiger partial charge in [0.05, 0.1) is 19.9 Å². The zero-order valence-corrected chi connectivity index (χ0v) is 18.6. The molecule has 1 aliphatic heterocycles. The third kappa shape index (κ3) is 6.35. The molecule has 0 atom stereocenters. The first-order valence-corrected chi connectivity index (χ1v) is 11.0. The molecule has 4 rings (SSSR count). The van der Waals surface area contributed by atoms with E-state index in [9.17, 15) is 4.79 Å². The molecule has 0 saturated carbocycles. The third-order valence-electron chi connectivity index (χ3n) is 5.47. The molecule has 8 nitrogen and oxygen atoms in total. The first-order valence-electron chi connectivity index (χ1n) is 11.0. The average Bonchev–Trinajstić information content (AvgIpc) is 2.86. The van der Waals surface area contributed by atoms with Gasteiger partial charge in [0, 0.05) is 50.8 Å². The number of carbonyl (C=O) groups is 1. The van der Waals surface area contributed by atoms with E-state index in [1.54, 1.807) is 24.4 Å². The Balaban J connectivity index is 1.23. The highest BCUT2D eigenvalue weighted by Crippen LogP contribution is 2.24. The van der Waals surface area contributed by atoms with Gasteiger partial charge in [0.2, 0.25) is 0 Å². The Hall–Kier alpha value is -3.81. The molecule has 2 heterocycles. The fraction of sp³-hybridized carbons (Fsp3) is 0.320. The smallest absolute Gasteiger partial charge is 0.323 e. The summed E-state index contributed by atoms with van der Waals surface area (Å²) < 4.78 is 17.5. The van der Waals surface area contributed by atoms with Gasteiger partial charge in [0.25, 0.3) is 0 Å². The first kappa shape index (κ1) is 22.4. The van der Waals surface area contributed by atoms with Crippen molar-refractivity contribution in [2.45, 2.75) is 25.4 Å². The summed E-state index contributed by atoms with van der Waals surface area (Å²) >= 11 is 0. The number of rotatable bonds is 8. The van der Waals surface area contributed by atoms with E-state index >= 15 is 0 Å². The summed E-state index contributed by atoms with van der Waals surface area (Å²) in [5.74, 6) is 2.86. The van der Waals surface area contributed by atoms with Crippen LogP contribution in [0.3, 0.4) is 0 Å². The van der Waals surface area contributed by atoms with Crippen LogP contribution < -0.4 is 19.5 Å². The first-order chi connectivity index (χ1) is 16.2. The van der Waals surface area contributed by atoms with Crippen LogP contribution in [-0.4, -0.2) is 53.8 Å². The molecule has 0 unspecified atom stereocenters. The summed E-state index contributed by atoms with van der Waals surface area (Å²) in [7, 11) is 1.68. The second-order valence-electron chi connectivity index (χ2n) is 7.71. The molecule has 2 aromatic carbocycles. The monoisotopic (exact) mass is 448 g/mol. The summed E-state index contributed by atoms with van der Waals surface area (Å²) in [6, 6.07) is 15.5. The van der Waals surface area contributed by atoms with Crippen LogP contribution in [-0.2, 0) is 6.42 Å². The number of likely N-dealkylation sites (tertiary alicyclic amines) is 1. The summed E-state index contributed by atoms with van der Waals surface area (Å²) in [4.78, 5) is 22.2. The Morgan fingerprint density at radius 1 is 1.09 bits per heavy atom. The van der Waals surface area contributed by atoms with Crippen molar-refractivity contribution in [2.24, 2.45) is 0 Å². The lowest BCUT2D eigenvalue weighted by Crippen LogP contribution is -2.43. The van der Waals surface area contributed by atoms with E-state index in [0.29, 0.717) is 25.5 Å². The molecule has 1 N–H and O–H groups in total. The van der Waals surface area contributed by atoms with E-state index in [4.69, 9.17) is 14.2 Å². The minimum Gasteiger partial charge on any atom is -0.496 e. The Morgan fingerprint density at radius 3 is 2.70 bits per heavy atom. The van der Waals surface area contributed by atoms with Crippen molar-refractivity contribution in [3.63, 3.8) is 0 Å². The molecule has 3 aromatic rings. The maximum atomic E-state index is 12.4. The summed E-state index contributed by atoms with van der Waals surface area (Å²) in [6.07, 6.45) is 6.96. The highest BCUT2D eigenvalue weighted by Gasteiger charge is 2.24. The number of nitrogens with zero attached hydrogens (tertiary/aromatic N) is 3. The van der Waals surface area contributed by atoms with Gasteiger partial charge in [-0.3, -0.25) is 10.3 Å². The second-order valence-corrected chi connectivity index (χ2v) is 7.71. The molecule has 0 radical (unpaired) electrons. The van der Waals surface area contributed by atoms with Gasteiger partial charge in [-0.25, -0.2) is 9.78 Å². The molecular formula is C25H28N4O4. The van der Waals surface area contributed by atoms with Crippen LogP contribution >= 0.6 is 0 Å². The highest BCUT2D eigenvalue weighted by molar-refractivity contribution is 5.88. The Kier molecular flexibility index (Phi) is 7.58. The maximum absolute atomic E-state index is 12.4. The highest BCUT2D eigenvalue weighted by atomic mass is 16.5. The van der Waals surface area contributed by atoms with Gasteiger partial charge >= 0.3 is 6.03 Å². The lowest BCUT2D eigenvalue weighted by atomic mass is 10.1. The largest absolute Gasteiger partial charge is 0.496 e. The zero-order valence-electron chi connectivity index (χ0n) is 18.6. The minimum absolute atomic E-state index is 0.0504. The molecule has 0 bridgehead atoms. The van der Waals surface area contributed by atoms with Crippen molar-refractivity contribution in [1.29, 1.82) is 0 Å². The van der Waals surface area contributed by atoms with Crippen LogP contribution in [0.25, 0.3) is 0 Å². The number of aromatic nitrogens is 2. The number of urea groups is 1. The number of amides is 2. The topological polar surface area (TPSA) is 85.8 Å². The number of para-hydroxylation sites is 1. The molecule has 1 aromatic heterocycles. The van der Waals surface area contributed by atoms with Crippen molar-refractivity contribution in [3.8, 4) is 17.2 Å². The van der Waals surface area contributed by atoms with Gasteiger partial charge in [0.15, 0.2) is 5.82 Å². The van der Waals surface area contributed by atoms with Gasteiger partial charge in [0.1, 0.15) is 23.4 Å². The van der Waals surface area contributed by atoms with E-state index in [0.717, 1.165) is 42.1 Å². The molecule has 172 valence electrons. The molecular weight excluding hydrogens is 420 g/mol.